The van der Waals surface area contributed by atoms with Crippen molar-refractivity contribution in [1.29, 1.82) is 0 Å². The number of likely N-dealkylation sites (tertiary alicyclic amines) is 1. The van der Waals surface area contributed by atoms with Crippen LogP contribution in [0.4, 0.5) is 0 Å². The van der Waals surface area contributed by atoms with Gasteiger partial charge >= 0.3 is 5.97 Å². The molecule has 0 saturated carbocycles. The Labute approximate surface area is 116 Å². The van der Waals surface area contributed by atoms with Crippen molar-refractivity contribution < 1.29 is 14.3 Å². The predicted molar refractivity (Wildman–Crippen MR) is 73.8 cm³/mol. The third kappa shape index (κ3) is 4.65. The Hall–Kier alpha value is -0.590. The van der Waals surface area contributed by atoms with Gasteiger partial charge in [0.2, 0.25) is 5.91 Å². The van der Waals surface area contributed by atoms with Crippen molar-refractivity contribution in [2.75, 3.05) is 17.6 Å². The van der Waals surface area contributed by atoms with Gasteiger partial charge in [0.25, 0.3) is 0 Å². The summed E-state index contributed by atoms with van der Waals surface area (Å²) in [6.45, 7) is 2.85. The third-order valence-electron chi connectivity index (χ3n) is 2.65. The molecular formula is C12H18INO3. The lowest BCUT2D eigenvalue weighted by atomic mass is 10.2. The Morgan fingerprint density at radius 1 is 1.41 bits per heavy atom. The molecule has 0 atom stereocenters. The Morgan fingerprint density at radius 3 is 2.82 bits per heavy atom. The molecule has 4 nitrogen and oxygen atoms in total. The fraction of sp³-hybridized carbons (Fsp3) is 0.667. The molecule has 0 bridgehead atoms. The number of allylic oxidation sites excluding steroid dienone is 1. The number of carbonyl (C=O) groups excluding carboxylic acids is 2. The highest BCUT2D eigenvalue weighted by molar-refractivity contribution is 14.1. The van der Waals surface area contributed by atoms with Crippen molar-refractivity contribution in [1.82, 2.24) is 4.90 Å². The summed E-state index contributed by atoms with van der Waals surface area (Å²) in [5, 5.41) is 0. The van der Waals surface area contributed by atoms with Crippen molar-refractivity contribution in [3.8, 4) is 0 Å². The van der Waals surface area contributed by atoms with Gasteiger partial charge < -0.3 is 9.64 Å². The number of hydrogen-bond donors (Lipinski definition) is 0. The fourth-order valence-electron chi connectivity index (χ4n) is 1.86. The highest BCUT2D eigenvalue weighted by atomic mass is 127. The molecule has 0 N–H and O–H groups in total. The lowest BCUT2D eigenvalue weighted by Gasteiger charge is -2.22. The van der Waals surface area contributed by atoms with E-state index in [0.29, 0.717) is 17.6 Å². The minimum atomic E-state index is -0.351. The Morgan fingerprint density at radius 2 is 2.18 bits per heavy atom. The van der Waals surface area contributed by atoms with Crippen molar-refractivity contribution in [3.05, 3.63) is 11.8 Å². The van der Waals surface area contributed by atoms with E-state index in [2.05, 4.69) is 22.6 Å². The smallest absolute Gasteiger partial charge is 0.332 e. The first-order valence-electron chi connectivity index (χ1n) is 5.92. The molecule has 1 aliphatic heterocycles. The Kier molecular flexibility index (Phi) is 6.54. The number of ether oxygens (including phenoxy) is 1. The first-order chi connectivity index (χ1) is 8.19. The summed E-state index contributed by atoms with van der Waals surface area (Å²) in [6.07, 6.45) is 5.38. The summed E-state index contributed by atoms with van der Waals surface area (Å²) in [5.41, 5.74) is 0.808. The van der Waals surface area contributed by atoms with Crippen molar-refractivity contribution >= 4 is 34.5 Å². The minimum Gasteiger partial charge on any atom is -0.463 e. The maximum Gasteiger partial charge on any atom is 0.332 e. The molecule has 0 spiro atoms. The SMILES string of the molecule is CCOC(=O)/C=C1\CCCCCN1C(=O)CI. The van der Waals surface area contributed by atoms with Crippen LogP contribution in [0, 0.1) is 0 Å². The average Bonchev–Trinajstić information content (AvgIpc) is 2.54. The summed E-state index contributed by atoms with van der Waals surface area (Å²) >= 11 is 2.05. The Bertz CT molecular complexity index is 315. The van der Waals surface area contributed by atoms with Crippen LogP contribution < -0.4 is 0 Å². The van der Waals surface area contributed by atoms with E-state index < -0.39 is 0 Å². The average molecular weight is 351 g/mol. The van der Waals surface area contributed by atoms with Gasteiger partial charge in [0.05, 0.1) is 11.0 Å². The molecule has 1 fully saturated rings. The second-order valence-corrected chi connectivity index (χ2v) is 4.64. The second kappa shape index (κ2) is 7.68. The van der Waals surface area contributed by atoms with Crippen LogP contribution >= 0.6 is 22.6 Å². The van der Waals surface area contributed by atoms with E-state index in [1.165, 1.54) is 6.08 Å². The number of carbonyl (C=O) groups is 2. The van der Waals surface area contributed by atoms with Crippen LogP contribution in [0.2, 0.25) is 0 Å². The topological polar surface area (TPSA) is 46.6 Å². The van der Waals surface area contributed by atoms with Gasteiger partial charge in [-0.05, 0) is 26.2 Å². The summed E-state index contributed by atoms with van der Waals surface area (Å²) in [7, 11) is 0. The molecule has 0 aromatic heterocycles. The normalized spacial score (nSPS) is 18.9. The molecule has 1 amide bonds. The number of halogens is 1. The van der Waals surface area contributed by atoms with Crippen molar-refractivity contribution in [2.24, 2.45) is 0 Å². The lowest BCUT2D eigenvalue weighted by Crippen LogP contribution is -2.31. The monoisotopic (exact) mass is 351 g/mol. The molecular weight excluding hydrogens is 333 g/mol. The van der Waals surface area contributed by atoms with Gasteiger partial charge in [-0.25, -0.2) is 4.79 Å². The molecule has 0 radical (unpaired) electrons. The number of esters is 1. The van der Waals surface area contributed by atoms with E-state index in [1.54, 1.807) is 11.8 Å². The molecule has 1 aliphatic rings. The lowest BCUT2D eigenvalue weighted by molar-refractivity contribution is -0.137. The van der Waals surface area contributed by atoms with E-state index in [9.17, 15) is 9.59 Å². The van der Waals surface area contributed by atoms with Crippen molar-refractivity contribution in [2.45, 2.75) is 32.6 Å². The number of alkyl halides is 1. The standard InChI is InChI=1S/C12H18INO3/c1-2-17-12(16)8-10-6-4-3-5-7-14(10)11(15)9-13/h8H,2-7,9H2,1H3/b10-8+. The molecule has 5 heteroatoms. The van der Waals surface area contributed by atoms with Gasteiger partial charge in [0.15, 0.2) is 0 Å². The zero-order chi connectivity index (χ0) is 12.7. The van der Waals surface area contributed by atoms with Gasteiger partial charge in [-0.3, -0.25) is 4.79 Å². The summed E-state index contributed by atoms with van der Waals surface area (Å²) in [5.74, 6) is -0.279. The van der Waals surface area contributed by atoms with E-state index in [1.807, 2.05) is 0 Å². The van der Waals surface area contributed by atoms with E-state index >= 15 is 0 Å². The first kappa shape index (κ1) is 14.5. The molecule has 1 rings (SSSR count). The van der Waals surface area contributed by atoms with Gasteiger partial charge in [0, 0.05) is 18.3 Å². The van der Waals surface area contributed by atoms with Crippen LogP contribution in [0.15, 0.2) is 11.8 Å². The predicted octanol–water partition coefficient (Wildman–Crippen LogP) is 2.27. The van der Waals surface area contributed by atoms with Gasteiger partial charge in [-0.15, -0.1) is 0 Å². The van der Waals surface area contributed by atoms with E-state index in [0.717, 1.165) is 31.4 Å². The largest absolute Gasteiger partial charge is 0.463 e. The summed E-state index contributed by atoms with van der Waals surface area (Å²) in [4.78, 5) is 25.0. The third-order valence-corrected chi connectivity index (χ3v) is 3.30. The number of rotatable bonds is 3. The maximum atomic E-state index is 11.8. The van der Waals surface area contributed by atoms with Crippen LogP contribution in [0.5, 0.6) is 0 Å². The van der Waals surface area contributed by atoms with E-state index in [-0.39, 0.29) is 11.9 Å². The zero-order valence-corrected chi connectivity index (χ0v) is 12.2. The van der Waals surface area contributed by atoms with Gasteiger partial charge in [0.1, 0.15) is 0 Å². The first-order valence-corrected chi connectivity index (χ1v) is 7.45. The van der Waals surface area contributed by atoms with Crippen LogP contribution in [-0.2, 0) is 14.3 Å². The molecule has 1 heterocycles. The summed E-state index contributed by atoms with van der Waals surface area (Å²) < 4.78 is 5.33. The van der Waals surface area contributed by atoms with Crippen LogP contribution in [-0.4, -0.2) is 34.4 Å². The minimum absolute atomic E-state index is 0.0723. The van der Waals surface area contributed by atoms with Crippen LogP contribution in [0.3, 0.4) is 0 Å². The molecule has 0 aromatic rings. The molecule has 0 unspecified atom stereocenters. The van der Waals surface area contributed by atoms with Crippen LogP contribution in [0.25, 0.3) is 0 Å². The molecule has 0 aliphatic carbocycles. The van der Waals surface area contributed by atoms with E-state index in [4.69, 9.17) is 4.74 Å². The molecule has 0 aromatic carbocycles. The second-order valence-electron chi connectivity index (χ2n) is 3.88. The molecule has 96 valence electrons. The molecule has 17 heavy (non-hydrogen) atoms. The van der Waals surface area contributed by atoms with Crippen LogP contribution in [0.1, 0.15) is 32.6 Å². The van der Waals surface area contributed by atoms with Gasteiger partial charge in [-0.2, -0.15) is 0 Å². The maximum absolute atomic E-state index is 11.8. The Balaban J connectivity index is 2.81. The number of amides is 1. The zero-order valence-electron chi connectivity index (χ0n) is 10.1. The highest BCUT2D eigenvalue weighted by Crippen LogP contribution is 2.20. The van der Waals surface area contributed by atoms with Gasteiger partial charge in [-0.1, -0.05) is 29.0 Å². The highest BCUT2D eigenvalue weighted by Gasteiger charge is 2.20. The number of hydrogen-bond acceptors (Lipinski definition) is 3. The fourth-order valence-corrected chi connectivity index (χ4v) is 2.27. The van der Waals surface area contributed by atoms with Crippen molar-refractivity contribution in [3.63, 3.8) is 0 Å². The quantitative estimate of drug-likeness (QED) is 0.339. The summed E-state index contributed by atoms with van der Waals surface area (Å²) in [6, 6.07) is 0. The molecule has 1 saturated heterocycles. The number of nitrogens with zero attached hydrogens (tertiary/aromatic N) is 1.